The van der Waals surface area contributed by atoms with Gasteiger partial charge >= 0.3 is 0 Å². The van der Waals surface area contributed by atoms with Gasteiger partial charge in [-0.3, -0.25) is 0 Å². The fraction of sp³-hybridized carbons (Fsp3) is 0.545. The van der Waals surface area contributed by atoms with Crippen molar-refractivity contribution in [3.05, 3.63) is 23.4 Å². The smallest absolute Gasteiger partial charge is 0.115 e. The Kier molecular flexibility index (Phi) is 6.80. The first-order valence-electron chi connectivity index (χ1n) is 5.23. The average molecular weight is 261 g/mol. The molecule has 5 heteroatoms. The van der Waals surface area contributed by atoms with Gasteiger partial charge in [0.15, 0.2) is 0 Å². The maximum Gasteiger partial charge on any atom is 0.115 e. The van der Waals surface area contributed by atoms with Gasteiger partial charge in [-0.25, -0.2) is 4.98 Å². The molecular formula is C11H17ClN2OS. The van der Waals surface area contributed by atoms with Gasteiger partial charge in [0.1, 0.15) is 5.03 Å². The number of hydrogen-bond donors (Lipinski definition) is 1. The van der Waals surface area contributed by atoms with Gasteiger partial charge < -0.3 is 10.1 Å². The predicted molar refractivity (Wildman–Crippen MR) is 69.3 cm³/mol. The largest absolute Gasteiger partial charge is 0.383 e. The van der Waals surface area contributed by atoms with E-state index in [9.17, 15) is 0 Å². The van der Waals surface area contributed by atoms with Crippen LogP contribution in [0.5, 0.6) is 0 Å². The predicted octanol–water partition coefficient (Wildman–Crippen LogP) is 2.45. The first-order valence-corrected chi connectivity index (χ1v) is 6.60. The van der Waals surface area contributed by atoms with Crippen LogP contribution in [0.2, 0.25) is 5.02 Å². The summed E-state index contributed by atoms with van der Waals surface area (Å²) in [6.07, 6.45) is 1.76. The normalized spacial score (nSPS) is 12.7. The molecule has 1 heterocycles. The van der Waals surface area contributed by atoms with Crippen molar-refractivity contribution in [3.63, 3.8) is 0 Å². The molecule has 0 fully saturated rings. The fourth-order valence-corrected chi connectivity index (χ4v) is 2.51. The standard InChI is InChI=1S/C11H17ClN2OS/c1-3-13-9(7-15-2)8-16-11-10(12)5-4-6-14-11/h4-6,9,13H,3,7-8H2,1-2H3. The zero-order valence-corrected chi connectivity index (χ0v) is 11.1. The summed E-state index contributed by atoms with van der Waals surface area (Å²) in [5.74, 6) is 0.901. The first-order chi connectivity index (χ1) is 7.77. The van der Waals surface area contributed by atoms with Crippen molar-refractivity contribution in [2.45, 2.75) is 18.0 Å². The molecule has 0 aromatic carbocycles. The van der Waals surface area contributed by atoms with Crippen LogP contribution in [0.3, 0.4) is 0 Å². The molecule has 1 aromatic rings. The van der Waals surface area contributed by atoms with Crippen LogP contribution in [0.15, 0.2) is 23.4 Å². The number of rotatable bonds is 7. The highest BCUT2D eigenvalue weighted by molar-refractivity contribution is 7.99. The zero-order chi connectivity index (χ0) is 11.8. The van der Waals surface area contributed by atoms with E-state index < -0.39 is 0 Å². The van der Waals surface area contributed by atoms with Crippen LogP contribution in [0.1, 0.15) is 6.92 Å². The topological polar surface area (TPSA) is 34.1 Å². The second-order valence-electron chi connectivity index (χ2n) is 3.31. The van der Waals surface area contributed by atoms with Gasteiger partial charge in [0.05, 0.1) is 11.6 Å². The highest BCUT2D eigenvalue weighted by atomic mass is 35.5. The number of nitrogens with zero attached hydrogens (tertiary/aromatic N) is 1. The monoisotopic (exact) mass is 260 g/mol. The van der Waals surface area contributed by atoms with Crippen LogP contribution in [-0.4, -0.2) is 37.0 Å². The van der Waals surface area contributed by atoms with E-state index in [4.69, 9.17) is 16.3 Å². The van der Waals surface area contributed by atoms with Crippen molar-refractivity contribution in [2.24, 2.45) is 0 Å². The van der Waals surface area contributed by atoms with Crippen LogP contribution in [-0.2, 0) is 4.74 Å². The van der Waals surface area contributed by atoms with Gasteiger partial charge in [0.2, 0.25) is 0 Å². The second-order valence-corrected chi connectivity index (χ2v) is 4.73. The minimum atomic E-state index is 0.332. The number of aromatic nitrogens is 1. The molecule has 1 aromatic heterocycles. The van der Waals surface area contributed by atoms with E-state index in [1.165, 1.54) is 0 Å². The van der Waals surface area contributed by atoms with Crippen molar-refractivity contribution < 1.29 is 4.74 Å². The Labute approximate surface area is 106 Å². The number of methoxy groups -OCH3 is 1. The third-order valence-electron chi connectivity index (χ3n) is 2.01. The van der Waals surface area contributed by atoms with E-state index in [-0.39, 0.29) is 0 Å². The molecular weight excluding hydrogens is 244 g/mol. The Bertz CT molecular complexity index is 306. The minimum absolute atomic E-state index is 0.332. The summed E-state index contributed by atoms with van der Waals surface area (Å²) in [5.41, 5.74) is 0. The second kappa shape index (κ2) is 7.90. The van der Waals surface area contributed by atoms with Crippen LogP contribution in [0, 0.1) is 0 Å². The molecule has 0 bridgehead atoms. The van der Waals surface area contributed by atoms with Gasteiger partial charge in [-0.15, -0.1) is 11.8 Å². The molecule has 1 unspecified atom stereocenters. The minimum Gasteiger partial charge on any atom is -0.383 e. The van der Waals surface area contributed by atoms with Gasteiger partial charge in [-0.2, -0.15) is 0 Å². The lowest BCUT2D eigenvalue weighted by atomic mass is 10.3. The van der Waals surface area contributed by atoms with Gasteiger partial charge in [-0.1, -0.05) is 18.5 Å². The van der Waals surface area contributed by atoms with E-state index in [1.54, 1.807) is 25.1 Å². The van der Waals surface area contributed by atoms with E-state index in [0.29, 0.717) is 17.7 Å². The van der Waals surface area contributed by atoms with E-state index >= 15 is 0 Å². The maximum absolute atomic E-state index is 6.03. The third-order valence-corrected chi connectivity index (χ3v) is 3.59. The molecule has 0 aliphatic rings. The Hall–Kier alpha value is -0.290. The van der Waals surface area contributed by atoms with E-state index in [2.05, 4.69) is 17.2 Å². The fourth-order valence-electron chi connectivity index (χ4n) is 1.31. The van der Waals surface area contributed by atoms with Gasteiger partial charge in [-0.05, 0) is 18.7 Å². The van der Waals surface area contributed by atoms with Crippen molar-refractivity contribution in [1.82, 2.24) is 10.3 Å². The number of nitrogens with one attached hydrogen (secondary N) is 1. The highest BCUT2D eigenvalue weighted by Gasteiger charge is 2.09. The van der Waals surface area contributed by atoms with E-state index in [1.807, 2.05) is 12.1 Å². The third kappa shape index (κ3) is 4.70. The first kappa shape index (κ1) is 13.8. The summed E-state index contributed by atoms with van der Waals surface area (Å²) in [6, 6.07) is 4.02. The molecule has 90 valence electrons. The van der Waals surface area contributed by atoms with Crippen LogP contribution < -0.4 is 5.32 Å². The highest BCUT2D eigenvalue weighted by Crippen LogP contribution is 2.24. The molecule has 16 heavy (non-hydrogen) atoms. The lowest BCUT2D eigenvalue weighted by Gasteiger charge is -2.16. The molecule has 0 aliphatic heterocycles. The van der Waals surface area contributed by atoms with Crippen LogP contribution in [0.4, 0.5) is 0 Å². The molecule has 0 saturated carbocycles. The van der Waals surface area contributed by atoms with Crippen molar-refractivity contribution in [2.75, 3.05) is 26.0 Å². The van der Waals surface area contributed by atoms with Crippen molar-refractivity contribution in [3.8, 4) is 0 Å². The summed E-state index contributed by atoms with van der Waals surface area (Å²) in [6.45, 7) is 3.72. The Morgan fingerprint density at radius 2 is 2.44 bits per heavy atom. The molecule has 3 nitrogen and oxygen atoms in total. The number of pyridine rings is 1. The molecule has 1 rings (SSSR count). The molecule has 0 spiro atoms. The SMILES string of the molecule is CCNC(COC)CSc1ncccc1Cl. The number of likely N-dealkylation sites (N-methyl/N-ethyl adjacent to an activating group) is 1. The summed E-state index contributed by atoms with van der Waals surface area (Å²) >= 11 is 7.68. The molecule has 0 saturated heterocycles. The molecule has 0 radical (unpaired) electrons. The van der Waals surface area contributed by atoms with Gasteiger partial charge in [0, 0.05) is 25.1 Å². The van der Waals surface area contributed by atoms with Crippen molar-refractivity contribution in [1.29, 1.82) is 0 Å². The summed E-state index contributed by atoms with van der Waals surface area (Å²) in [5, 5.41) is 4.94. The lowest BCUT2D eigenvalue weighted by molar-refractivity contribution is 0.174. The average Bonchev–Trinajstić information content (AvgIpc) is 2.28. The Morgan fingerprint density at radius 3 is 3.06 bits per heavy atom. The number of halogens is 1. The van der Waals surface area contributed by atoms with Crippen LogP contribution >= 0.6 is 23.4 Å². The maximum atomic E-state index is 6.03. The zero-order valence-electron chi connectivity index (χ0n) is 9.57. The summed E-state index contributed by atoms with van der Waals surface area (Å²) in [4.78, 5) is 4.23. The lowest BCUT2D eigenvalue weighted by Crippen LogP contribution is -2.35. The molecule has 0 amide bonds. The Balaban J connectivity index is 2.45. The summed E-state index contributed by atoms with van der Waals surface area (Å²) in [7, 11) is 1.71. The quantitative estimate of drug-likeness (QED) is 0.764. The number of hydrogen-bond acceptors (Lipinski definition) is 4. The van der Waals surface area contributed by atoms with Crippen molar-refractivity contribution >= 4 is 23.4 Å². The van der Waals surface area contributed by atoms with Crippen LogP contribution in [0.25, 0.3) is 0 Å². The molecule has 1 N–H and O–H groups in total. The Morgan fingerprint density at radius 1 is 1.62 bits per heavy atom. The molecule has 1 atom stereocenters. The van der Waals surface area contributed by atoms with Gasteiger partial charge in [0.25, 0.3) is 0 Å². The molecule has 0 aliphatic carbocycles. The number of thioether (sulfide) groups is 1. The number of ether oxygens (including phenoxy) is 1. The van der Waals surface area contributed by atoms with E-state index in [0.717, 1.165) is 17.3 Å². The summed E-state index contributed by atoms with van der Waals surface area (Å²) < 4.78 is 5.15.